The highest BCUT2D eigenvalue weighted by Gasteiger charge is 2.16. The summed E-state index contributed by atoms with van der Waals surface area (Å²) in [4.78, 5) is 0. The maximum atomic E-state index is 6.01. The van der Waals surface area contributed by atoms with Crippen LogP contribution >= 0.6 is 0 Å². The van der Waals surface area contributed by atoms with E-state index >= 15 is 0 Å². The van der Waals surface area contributed by atoms with Crippen molar-refractivity contribution in [2.75, 3.05) is 6.54 Å². The second-order valence-electron chi connectivity index (χ2n) is 3.94. The summed E-state index contributed by atoms with van der Waals surface area (Å²) in [6.07, 6.45) is 2.25. The summed E-state index contributed by atoms with van der Waals surface area (Å²) in [6.45, 7) is 9.47. The fourth-order valence-corrected chi connectivity index (χ4v) is 1.10. The molecule has 0 fully saturated rings. The minimum absolute atomic E-state index is 0.0287. The van der Waals surface area contributed by atoms with Crippen molar-refractivity contribution >= 4 is 0 Å². The molecular formula is C9H22N2. The Hall–Kier alpha value is -0.0800. The van der Waals surface area contributed by atoms with Crippen LogP contribution in [0.3, 0.4) is 0 Å². The Balaban J connectivity index is 3.54. The molecule has 1 atom stereocenters. The highest BCUT2D eigenvalue weighted by Crippen LogP contribution is 2.06. The first kappa shape index (κ1) is 10.9. The molecule has 0 saturated carbocycles. The monoisotopic (exact) mass is 158 g/mol. The smallest absolute Gasteiger partial charge is 0.0252 e. The van der Waals surface area contributed by atoms with Crippen LogP contribution in [-0.2, 0) is 0 Å². The molecule has 11 heavy (non-hydrogen) atoms. The molecule has 2 nitrogen and oxygen atoms in total. The fourth-order valence-electron chi connectivity index (χ4n) is 1.10. The van der Waals surface area contributed by atoms with E-state index in [2.05, 4.69) is 33.0 Å². The molecule has 0 aromatic rings. The van der Waals surface area contributed by atoms with Crippen LogP contribution in [0.1, 0.15) is 40.5 Å². The lowest BCUT2D eigenvalue weighted by Gasteiger charge is -2.25. The van der Waals surface area contributed by atoms with Gasteiger partial charge < -0.3 is 11.1 Å². The van der Waals surface area contributed by atoms with E-state index in [4.69, 9.17) is 5.73 Å². The molecule has 0 amide bonds. The SMILES string of the molecule is CCCC(C)(N)CNC(C)C. The highest BCUT2D eigenvalue weighted by atomic mass is 14.9. The number of hydrogen-bond acceptors (Lipinski definition) is 2. The van der Waals surface area contributed by atoms with Gasteiger partial charge in [-0.1, -0.05) is 27.2 Å². The van der Waals surface area contributed by atoms with E-state index in [1.807, 2.05) is 0 Å². The van der Waals surface area contributed by atoms with Crippen molar-refractivity contribution in [2.24, 2.45) is 5.73 Å². The molecule has 0 rings (SSSR count). The van der Waals surface area contributed by atoms with Gasteiger partial charge in [0.1, 0.15) is 0 Å². The van der Waals surface area contributed by atoms with Crippen LogP contribution in [0.2, 0.25) is 0 Å². The predicted octanol–water partition coefficient (Wildman–Crippen LogP) is 1.50. The molecule has 0 aliphatic carbocycles. The second kappa shape index (κ2) is 4.73. The summed E-state index contributed by atoms with van der Waals surface area (Å²) in [7, 11) is 0. The van der Waals surface area contributed by atoms with Gasteiger partial charge in [-0.2, -0.15) is 0 Å². The number of rotatable bonds is 5. The van der Waals surface area contributed by atoms with Crippen molar-refractivity contribution in [3.63, 3.8) is 0 Å². The molecule has 0 saturated heterocycles. The van der Waals surface area contributed by atoms with Crippen molar-refractivity contribution < 1.29 is 0 Å². The van der Waals surface area contributed by atoms with E-state index in [9.17, 15) is 0 Å². The van der Waals surface area contributed by atoms with Crippen molar-refractivity contribution in [1.82, 2.24) is 5.32 Å². The Labute approximate surface area is 70.5 Å². The van der Waals surface area contributed by atoms with E-state index in [-0.39, 0.29) is 5.54 Å². The zero-order valence-electron chi connectivity index (χ0n) is 8.28. The van der Waals surface area contributed by atoms with Crippen LogP contribution < -0.4 is 11.1 Å². The van der Waals surface area contributed by atoms with Crippen LogP contribution in [0.5, 0.6) is 0 Å². The minimum Gasteiger partial charge on any atom is -0.324 e. The number of nitrogens with one attached hydrogen (secondary N) is 1. The molecule has 2 heteroatoms. The molecule has 0 bridgehead atoms. The maximum Gasteiger partial charge on any atom is 0.0252 e. The summed E-state index contributed by atoms with van der Waals surface area (Å²) < 4.78 is 0. The fraction of sp³-hybridized carbons (Fsp3) is 1.00. The average molecular weight is 158 g/mol. The van der Waals surface area contributed by atoms with Gasteiger partial charge in [-0.3, -0.25) is 0 Å². The molecule has 0 aromatic carbocycles. The summed E-state index contributed by atoms with van der Waals surface area (Å²) >= 11 is 0. The third-order valence-corrected chi connectivity index (χ3v) is 1.74. The Morgan fingerprint density at radius 3 is 2.36 bits per heavy atom. The Morgan fingerprint density at radius 2 is 2.00 bits per heavy atom. The van der Waals surface area contributed by atoms with Crippen molar-refractivity contribution in [3.05, 3.63) is 0 Å². The molecule has 0 aliphatic heterocycles. The number of nitrogens with two attached hydrogens (primary N) is 1. The minimum atomic E-state index is -0.0287. The Morgan fingerprint density at radius 1 is 1.45 bits per heavy atom. The quantitative estimate of drug-likeness (QED) is 0.636. The van der Waals surface area contributed by atoms with E-state index < -0.39 is 0 Å². The lowest BCUT2D eigenvalue weighted by atomic mass is 9.97. The zero-order chi connectivity index (χ0) is 8.91. The first-order chi connectivity index (χ1) is 4.98. The van der Waals surface area contributed by atoms with Gasteiger partial charge in [0.2, 0.25) is 0 Å². The largest absolute Gasteiger partial charge is 0.324 e. The third kappa shape index (κ3) is 6.32. The topological polar surface area (TPSA) is 38.0 Å². The van der Waals surface area contributed by atoms with E-state index in [1.54, 1.807) is 0 Å². The van der Waals surface area contributed by atoms with E-state index in [1.165, 1.54) is 0 Å². The van der Waals surface area contributed by atoms with Gasteiger partial charge in [-0.15, -0.1) is 0 Å². The molecule has 0 aromatic heterocycles. The predicted molar refractivity (Wildman–Crippen MR) is 50.6 cm³/mol. The van der Waals surface area contributed by atoms with E-state index in [0.29, 0.717) is 6.04 Å². The van der Waals surface area contributed by atoms with Gasteiger partial charge in [-0.05, 0) is 13.3 Å². The normalized spacial score (nSPS) is 16.9. The molecule has 3 N–H and O–H groups in total. The van der Waals surface area contributed by atoms with Crippen LogP contribution in [0.25, 0.3) is 0 Å². The van der Waals surface area contributed by atoms with Crippen molar-refractivity contribution in [3.8, 4) is 0 Å². The molecule has 68 valence electrons. The first-order valence-electron chi connectivity index (χ1n) is 4.50. The second-order valence-corrected chi connectivity index (χ2v) is 3.94. The molecule has 0 spiro atoms. The maximum absolute atomic E-state index is 6.01. The molecule has 0 radical (unpaired) electrons. The summed E-state index contributed by atoms with van der Waals surface area (Å²) in [5, 5.41) is 3.35. The molecular weight excluding hydrogens is 136 g/mol. The highest BCUT2D eigenvalue weighted by molar-refractivity contribution is 4.80. The standard InChI is InChI=1S/C9H22N2/c1-5-6-9(4,10)7-11-8(2)3/h8,11H,5-7,10H2,1-4H3. The lowest BCUT2D eigenvalue weighted by Crippen LogP contribution is -2.47. The van der Waals surface area contributed by atoms with Crippen LogP contribution in [0, 0.1) is 0 Å². The third-order valence-electron chi connectivity index (χ3n) is 1.74. The summed E-state index contributed by atoms with van der Waals surface area (Å²) in [5.41, 5.74) is 5.98. The van der Waals surface area contributed by atoms with Gasteiger partial charge in [0.15, 0.2) is 0 Å². The van der Waals surface area contributed by atoms with Gasteiger partial charge in [0.25, 0.3) is 0 Å². The first-order valence-corrected chi connectivity index (χ1v) is 4.50. The van der Waals surface area contributed by atoms with Crippen LogP contribution in [0.4, 0.5) is 0 Å². The van der Waals surface area contributed by atoms with Crippen molar-refractivity contribution in [2.45, 2.75) is 52.1 Å². The average Bonchev–Trinajstić information content (AvgIpc) is 1.84. The molecule has 0 aliphatic rings. The van der Waals surface area contributed by atoms with Crippen LogP contribution in [-0.4, -0.2) is 18.1 Å². The lowest BCUT2D eigenvalue weighted by molar-refractivity contribution is 0.381. The van der Waals surface area contributed by atoms with Gasteiger partial charge in [-0.25, -0.2) is 0 Å². The Bertz CT molecular complexity index is 97.7. The van der Waals surface area contributed by atoms with Gasteiger partial charge in [0.05, 0.1) is 0 Å². The van der Waals surface area contributed by atoms with E-state index in [0.717, 1.165) is 19.4 Å². The van der Waals surface area contributed by atoms with Crippen molar-refractivity contribution in [1.29, 1.82) is 0 Å². The van der Waals surface area contributed by atoms with Crippen LogP contribution in [0.15, 0.2) is 0 Å². The van der Waals surface area contributed by atoms with Gasteiger partial charge >= 0.3 is 0 Å². The Kier molecular flexibility index (Phi) is 4.69. The van der Waals surface area contributed by atoms with Gasteiger partial charge in [0, 0.05) is 18.1 Å². The number of hydrogen-bond donors (Lipinski definition) is 2. The summed E-state index contributed by atoms with van der Waals surface area (Å²) in [6, 6.07) is 0.537. The molecule has 0 heterocycles. The summed E-state index contributed by atoms with van der Waals surface area (Å²) in [5.74, 6) is 0. The zero-order valence-corrected chi connectivity index (χ0v) is 8.28. The molecule has 1 unspecified atom stereocenters.